The lowest BCUT2D eigenvalue weighted by Crippen LogP contribution is -2.66. The van der Waals surface area contributed by atoms with Crippen LogP contribution in [0, 0.1) is 5.41 Å². The molecule has 1 heterocycles. The molecule has 41 heavy (non-hydrogen) atoms. The van der Waals surface area contributed by atoms with Crippen LogP contribution in [-0.4, -0.2) is 37.8 Å². The van der Waals surface area contributed by atoms with Gasteiger partial charge < -0.3 is 14.3 Å². The largest absolute Gasteiger partial charge is 0.407 e. The third kappa shape index (κ3) is 8.76. The molecule has 1 aliphatic heterocycles. The second-order valence-corrected chi connectivity index (χ2v) is 19.2. The summed E-state index contributed by atoms with van der Waals surface area (Å²) in [5.74, 6) is 0. The highest BCUT2D eigenvalue weighted by Gasteiger charge is 2.56. The molecule has 3 nitrogen and oxygen atoms in total. The molecule has 0 amide bonds. The van der Waals surface area contributed by atoms with Gasteiger partial charge in [0.05, 0.1) is 6.10 Å². The van der Waals surface area contributed by atoms with Crippen molar-refractivity contribution in [2.45, 2.75) is 103 Å². The zero-order valence-corrected chi connectivity index (χ0v) is 29.4. The van der Waals surface area contributed by atoms with Crippen molar-refractivity contribution in [2.75, 3.05) is 6.61 Å². The van der Waals surface area contributed by atoms with Gasteiger partial charge in [-0.15, -0.1) is 0 Å². The fraction of sp³-hybridized carbons (Fsp3) is 0.500. The maximum atomic E-state index is 11.1. The molecule has 224 valence electrons. The number of allylic oxidation sites excluding steroid dienone is 4. The van der Waals surface area contributed by atoms with E-state index in [4.69, 9.17) is 9.16 Å². The van der Waals surface area contributed by atoms with Crippen LogP contribution in [0.3, 0.4) is 0 Å². The van der Waals surface area contributed by atoms with Gasteiger partial charge in [0.2, 0.25) is 0 Å². The molecule has 2 aromatic carbocycles. The molecule has 1 saturated heterocycles. The van der Waals surface area contributed by atoms with Crippen LogP contribution in [0.25, 0.3) is 0 Å². The number of ether oxygens (including phenoxy) is 1. The second-order valence-electron chi connectivity index (χ2n) is 13.4. The fourth-order valence-corrected chi connectivity index (χ4v) is 10.7. The first-order valence-corrected chi connectivity index (χ1v) is 18.0. The molecule has 5 heteroatoms. The Balaban J connectivity index is 1.85. The highest BCUT2D eigenvalue weighted by Crippen LogP contribution is 2.44. The van der Waals surface area contributed by atoms with Crippen molar-refractivity contribution in [3.8, 4) is 0 Å². The number of rotatable bonds is 15. The average Bonchev–Trinajstić information content (AvgIpc) is 3.60. The molecule has 0 unspecified atom stereocenters. The zero-order valence-electron chi connectivity index (χ0n) is 26.3. The van der Waals surface area contributed by atoms with E-state index in [0.717, 1.165) is 35.7 Å². The Morgan fingerprint density at radius 3 is 2.10 bits per heavy atom. The molecule has 2 aromatic rings. The number of aliphatic hydroxyl groups excluding tert-OH is 1. The molecule has 0 spiro atoms. The van der Waals surface area contributed by atoms with Gasteiger partial charge in [-0.3, -0.25) is 0 Å². The minimum Gasteiger partial charge on any atom is -0.407 e. The summed E-state index contributed by atoms with van der Waals surface area (Å²) >= 11 is 2.27. The van der Waals surface area contributed by atoms with Gasteiger partial charge in [0, 0.05) is 6.61 Å². The summed E-state index contributed by atoms with van der Waals surface area (Å²) in [5.41, 5.74) is 0.684. The molecule has 1 fully saturated rings. The fourth-order valence-electron chi connectivity index (χ4n) is 5.86. The zero-order chi connectivity index (χ0) is 30.3. The van der Waals surface area contributed by atoms with Crippen LogP contribution in [0.2, 0.25) is 5.04 Å². The van der Waals surface area contributed by atoms with Crippen molar-refractivity contribution in [3.05, 3.63) is 94.6 Å². The first-order valence-electron chi connectivity index (χ1n) is 15.0. The molecule has 1 aliphatic rings. The average molecular weight is 687 g/mol. The van der Waals surface area contributed by atoms with Gasteiger partial charge in [0.1, 0.15) is 11.7 Å². The third-order valence-electron chi connectivity index (χ3n) is 8.60. The first-order chi connectivity index (χ1) is 19.2. The quantitative estimate of drug-likeness (QED) is 0.0885. The highest BCUT2D eigenvalue weighted by molar-refractivity contribution is 14.1. The lowest BCUT2D eigenvalue weighted by molar-refractivity contribution is 0.122. The number of hydrogen-bond acceptors (Lipinski definition) is 3. The minimum absolute atomic E-state index is 0.0592. The van der Waals surface area contributed by atoms with Gasteiger partial charge in [0.15, 0.2) is 0 Å². The molecular weight excluding hydrogens is 635 g/mol. The molecule has 0 saturated carbocycles. The van der Waals surface area contributed by atoms with Gasteiger partial charge in [-0.05, 0) is 99.9 Å². The van der Waals surface area contributed by atoms with E-state index >= 15 is 0 Å². The predicted molar refractivity (Wildman–Crippen MR) is 186 cm³/mol. The van der Waals surface area contributed by atoms with Crippen LogP contribution in [0.1, 0.15) is 80.6 Å². The third-order valence-corrected chi connectivity index (χ3v) is 14.2. The van der Waals surface area contributed by atoms with Crippen LogP contribution in [-0.2, 0) is 9.16 Å². The molecule has 1 N–H and O–H groups in total. The van der Waals surface area contributed by atoms with E-state index in [-0.39, 0.29) is 16.6 Å². The Bertz CT molecular complexity index is 1140. The molecule has 0 bridgehead atoms. The van der Waals surface area contributed by atoms with E-state index < -0.39 is 20.0 Å². The standard InChI is InChI=1S/C36H51IO3Si/c1-28(2)16-15-24-35(7,25-23-32(38)36(8)33(40-36)22-21-29(3)37)26-27-39-41(34(4,5)6,30-17-11-9-12-18-30)31-19-13-10-14-20-31/h9-14,16-20,23,25,32-33,38H,3,15,21-22,24,26-27H2,1-2,4-8H3/b25-23+/t32-,33+,35+,36-/m0/s1. The van der Waals surface area contributed by atoms with Crippen molar-refractivity contribution in [1.29, 1.82) is 0 Å². The normalized spacial score (nSPS) is 21.3. The van der Waals surface area contributed by atoms with Gasteiger partial charge in [-0.25, -0.2) is 0 Å². The van der Waals surface area contributed by atoms with Crippen molar-refractivity contribution in [3.63, 3.8) is 0 Å². The minimum atomic E-state index is -2.60. The van der Waals surface area contributed by atoms with Crippen molar-refractivity contribution >= 4 is 41.3 Å². The van der Waals surface area contributed by atoms with Crippen molar-refractivity contribution in [2.24, 2.45) is 5.41 Å². The van der Waals surface area contributed by atoms with Crippen LogP contribution in [0.4, 0.5) is 0 Å². The maximum absolute atomic E-state index is 11.1. The smallest absolute Gasteiger partial charge is 0.261 e. The van der Waals surface area contributed by atoms with E-state index in [9.17, 15) is 5.11 Å². The molecular formula is C36H51IO3Si. The summed E-state index contributed by atoms with van der Waals surface area (Å²) in [7, 11) is -2.60. The molecule has 0 aromatic heterocycles. The van der Waals surface area contributed by atoms with E-state index in [1.807, 2.05) is 13.0 Å². The number of epoxide rings is 1. The van der Waals surface area contributed by atoms with Crippen LogP contribution in [0.15, 0.2) is 94.6 Å². The summed E-state index contributed by atoms with van der Waals surface area (Å²) in [4.78, 5) is 0. The summed E-state index contributed by atoms with van der Waals surface area (Å²) in [6.45, 7) is 20.2. The van der Waals surface area contributed by atoms with Gasteiger partial charge in [0.25, 0.3) is 8.32 Å². The number of benzene rings is 2. The summed E-state index contributed by atoms with van der Waals surface area (Å²) in [6, 6.07) is 21.7. The monoisotopic (exact) mass is 686 g/mol. The first kappa shape index (κ1) is 34.0. The van der Waals surface area contributed by atoms with Crippen LogP contribution >= 0.6 is 22.6 Å². The van der Waals surface area contributed by atoms with Crippen molar-refractivity contribution in [1.82, 2.24) is 0 Å². The molecule has 4 atom stereocenters. The summed E-state index contributed by atoms with van der Waals surface area (Å²) < 4.78 is 14.3. The lowest BCUT2D eigenvalue weighted by atomic mass is 9.81. The van der Waals surface area contributed by atoms with E-state index in [1.165, 1.54) is 15.9 Å². The number of halogens is 1. The molecule has 0 radical (unpaired) electrons. The predicted octanol–water partition coefficient (Wildman–Crippen LogP) is 8.51. The van der Waals surface area contributed by atoms with Crippen LogP contribution in [0.5, 0.6) is 0 Å². The molecule has 0 aliphatic carbocycles. The Labute approximate surface area is 264 Å². The Morgan fingerprint density at radius 2 is 1.61 bits per heavy atom. The summed E-state index contributed by atoms with van der Waals surface area (Å²) in [5, 5.41) is 13.7. The maximum Gasteiger partial charge on any atom is 0.261 e. The topological polar surface area (TPSA) is 42.0 Å². The second kappa shape index (κ2) is 14.3. The van der Waals surface area contributed by atoms with E-state index in [1.54, 1.807) is 0 Å². The van der Waals surface area contributed by atoms with Gasteiger partial charge in [-0.1, -0.05) is 119 Å². The summed E-state index contributed by atoms with van der Waals surface area (Å²) in [6.07, 6.45) is 10.6. The number of aliphatic hydroxyl groups is 1. The Morgan fingerprint density at radius 1 is 1.05 bits per heavy atom. The number of hydrogen-bond donors (Lipinski definition) is 1. The van der Waals surface area contributed by atoms with Crippen LogP contribution < -0.4 is 10.4 Å². The highest BCUT2D eigenvalue weighted by atomic mass is 127. The SMILES string of the molecule is C=C(I)CC[C@H]1O[C@@]1(C)[C@@H](O)/C=C/[C@@](C)(CCC=C(C)C)CCO[Si](c1ccccc1)(c1ccccc1)C(C)(C)C. The lowest BCUT2D eigenvalue weighted by Gasteiger charge is -2.43. The van der Waals surface area contributed by atoms with E-state index in [2.05, 4.69) is 144 Å². The van der Waals surface area contributed by atoms with E-state index in [0.29, 0.717) is 6.61 Å². The molecule has 3 rings (SSSR count). The van der Waals surface area contributed by atoms with Gasteiger partial charge in [-0.2, -0.15) is 0 Å². The van der Waals surface area contributed by atoms with Gasteiger partial charge >= 0.3 is 0 Å². The Hall–Kier alpha value is -1.51. The van der Waals surface area contributed by atoms with Crippen molar-refractivity contribution < 1.29 is 14.3 Å². The Kier molecular flexibility index (Phi) is 11.9.